The van der Waals surface area contributed by atoms with Gasteiger partial charge in [-0.3, -0.25) is 9.79 Å². The molecule has 2 heterocycles. The summed E-state index contributed by atoms with van der Waals surface area (Å²) in [6, 6.07) is 0.409. The summed E-state index contributed by atoms with van der Waals surface area (Å²) in [5, 5.41) is 6.98. The summed E-state index contributed by atoms with van der Waals surface area (Å²) in [5.41, 5.74) is 0. The normalized spacial score (nSPS) is 20.1. The molecular formula is C21H41N5O. The Hall–Kier alpha value is -1.30. The molecule has 2 aliphatic rings. The second kappa shape index (κ2) is 12.2. The third kappa shape index (κ3) is 8.08. The van der Waals surface area contributed by atoms with Crippen LogP contribution in [-0.2, 0) is 4.79 Å². The van der Waals surface area contributed by atoms with Gasteiger partial charge in [-0.05, 0) is 58.2 Å². The summed E-state index contributed by atoms with van der Waals surface area (Å²) in [6.07, 6.45) is 9.94. The van der Waals surface area contributed by atoms with Crippen LogP contribution in [0.5, 0.6) is 0 Å². The summed E-state index contributed by atoms with van der Waals surface area (Å²) in [4.78, 5) is 21.1. The molecule has 0 atom stereocenters. The molecule has 2 aliphatic heterocycles. The van der Waals surface area contributed by atoms with Gasteiger partial charge in [0.05, 0.1) is 0 Å². The Morgan fingerprint density at radius 2 is 1.74 bits per heavy atom. The molecular weight excluding hydrogens is 338 g/mol. The van der Waals surface area contributed by atoms with Crippen molar-refractivity contribution in [1.29, 1.82) is 0 Å². The van der Waals surface area contributed by atoms with E-state index in [2.05, 4.69) is 20.5 Å². The molecule has 6 heteroatoms. The SMILES string of the molecule is CN=C(NCCCCCN1CCCCC1)NC1CCN(C(=O)C(C)C)CC1. The maximum absolute atomic E-state index is 12.1. The van der Waals surface area contributed by atoms with E-state index >= 15 is 0 Å². The second-order valence-corrected chi connectivity index (χ2v) is 8.36. The smallest absolute Gasteiger partial charge is 0.225 e. The number of hydrogen-bond donors (Lipinski definition) is 2. The average molecular weight is 380 g/mol. The molecule has 0 radical (unpaired) electrons. The highest BCUT2D eigenvalue weighted by Crippen LogP contribution is 2.13. The number of hydrogen-bond acceptors (Lipinski definition) is 3. The van der Waals surface area contributed by atoms with E-state index in [-0.39, 0.29) is 11.8 Å². The van der Waals surface area contributed by atoms with Crippen molar-refractivity contribution in [3.05, 3.63) is 0 Å². The van der Waals surface area contributed by atoms with Crippen LogP contribution in [0.15, 0.2) is 4.99 Å². The molecule has 0 spiro atoms. The minimum absolute atomic E-state index is 0.0962. The highest BCUT2D eigenvalue weighted by Gasteiger charge is 2.24. The molecule has 0 bridgehead atoms. The van der Waals surface area contributed by atoms with Gasteiger partial charge in [0.15, 0.2) is 5.96 Å². The third-order valence-electron chi connectivity index (χ3n) is 5.76. The van der Waals surface area contributed by atoms with E-state index in [0.29, 0.717) is 6.04 Å². The third-order valence-corrected chi connectivity index (χ3v) is 5.76. The maximum atomic E-state index is 12.1. The largest absolute Gasteiger partial charge is 0.356 e. The molecule has 0 aromatic carbocycles. The number of rotatable bonds is 8. The van der Waals surface area contributed by atoms with Crippen molar-refractivity contribution in [2.45, 2.75) is 71.3 Å². The predicted molar refractivity (Wildman–Crippen MR) is 113 cm³/mol. The zero-order valence-corrected chi connectivity index (χ0v) is 17.8. The van der Waals surface area contributed by atoms with Crippen LogP contribution in [0, 0.1) is 5.92 Å². The van der Waals surface area contributed by atoms with Crippen LogP contribution in [0.4, 0.5) is 0 Å². The minimum Gasteiger partial charge on any atom is -0.356 e. The lowest BCUT2D eigenvalue weighted by atomic mass is 10.0. The van der Waals surface area contributed by atoms with Crippen LogP contribution in [0.1, 0.15) is 65.2 Å². The van der Waals surface area contributed by atoms with Gasteiger partial charge in [-0.1, -0.05) is 26.7 Å². The van der Waals surface area contributed by atoms with Crippen LogP contribution in [0.3, 0.4) is 0 Å². The Kier molecular flexibility index (Phi) is 9.95. The van der Waals surface area contributed by atoms with Crippen LogP contribution in [-0.4, -0.2) is 74.0 Å². The number of carbonyl (C=O) groups excluding carboxylic acids is 1. The number of guanidine groups is 1. The first-order valence-corrected chi connectivity index (χ1v) is 11.1. The fraction of sp³-hybridized carbons (Fsp3) is 0.905. The molecule has 0 saturated carbocycles. The molecule has 0 aromatic rings. The number of unbranched alkanes of at least 4 members (excludes halogenated alkanes) is 2. The lowest BCUT2D eigenvalue weighted by Crippen LogP contribution is -2.50. The molecule has 27 heavy (non-hydrogen) atoms. The molecule has 156 valence electrons. The van der Waals surface area contributed by atoms with Gasteiger partial charge in [0, 0.05) is 38.6 Å². The molecule has 2 rings (SSSR count). The summed E-state index contributed by atoms with van der Waals surface area (Å²) in [5.74, 6) is 1.28. The van der Waals surface area contributed by atoms with Crippen molar-refractivity contribution in [2.75, 3.05) is 46.3 Å². The first kappa shape index (κ1) is 22.0. The summed E-state index contributed by atoms with van der Waals surface area (Å²) in [7, 11) is 1.84. The summed E-state index contributed by atoms with van der Waals surface area (Å²) in [6.45, 7) is 10.5. The first-order valence-electron chi connectivity index (χ1n) is 11.1. The van der Waals surface area contributed by atoms with Crippen molar-refractivity contribution < 1.29 is 4.79 Å². The number of carbonyl (C=O) groups is 1. The van der Waals surface area contributed by atoms with Crippen LogP contribution in [0.2, 0.25) is 0 Å². The van der Waals surface area contributed by atoms with Gasteiger partial charge in [0.25, 0.3) is 0 Å². The second-order valence-electron chi connectivity index (χ2n) is 8.36. The van der Waals surface area contributed by atoms with E-state index in [1.807, 2.05) is 25.8 Å². The molecule has 0 unspecified atom stereocenters. The number of nitrogens with zero attached hydrogens (tertiary/aromatic N) is 3. The highest BCUT2D eigenvalue weighted by molar-refractivity contribution is 5.80. The van der Waals surface area contributed by atoms with Gasteiger partial charge in [-0.25, -0.2) is 0 Å². The lowest BCUT2D eigenvalue weighted by Gasteiger charge is -2.34. The Morgan fingerprint density at radius 3 is 2.37 bits per heavy atom. The van der Waals surface area contributed by atoms with Gasteiger partial charge in [0.1, 0.15) is 0 Å². The molecule has 1 amide bonds. The molecule has 2 fully saturated rings. The number of aliphatic imine (C=N–C) groups is 1. The minimum atomic E-state index is 0.0962. The number of likely N-dealkylation sites (tertiary alicyclic amines) is 2. The highest BCUT2D eigenvalue weighted by atomic mass is 16.2. The lowest BCUT2D eigenvalue weighted by molar-refractivity contribution is -0.135. The van der Waals surface area contributed by atoms with Crippen molar-refractivity contribution in [1.82, 2.24) is 20.4 Å². The predicted octanol–water partition coefficient (Wildman–Crippen LogP) is 2.45. The molecule has 0 aromatic heterocycles. The van der Waals surface area contributed by atoms with Gasteiger partial charge in [-0.2, -0.15) is 0 Å². The summed E-state index contributed by atoms with van der Waals surface area (Å²) >= 11 is 0. The van der Waals surface area contributed by atoms with Gasteiger partial charge >= 0.3 is 0 Å². The van der Waals surface area contributed by atoms with E-state index in [0.717, 1.165) is 38.4 Å². The van der Waals surface area contributed by atoms with Crippen LogP contribution in [0.25, 0.3) is 0 Å². The Balaban J connectivity index is 1.53. The summed E-state index contributed by atoms with van der Waals surface area (Å²) < 4.78 is 0. The fourth-order valence-corrected chi connectivity index (χ4v) is 4.02. The van der Waals surface area contributed by atoms with Crippen LogP contribution < -0.4 is 10.6 Å². The number of nitrogens with one attached hydrogen (secondary N) is 2. The monoisotopic (exact) mass is 379 g/mol. The maximum Gasteiger partial charge on any atom is 0.225 e. The van der Waals surface area contributed by atoms with E-state index < -0.39 is 0 Å². The Labute approximate surface area is 166 Å². The van der Waals surface area contributed by atoms with Crippen molar-refractivity contribution in [2.24, 2.45) is 10.9 Å². The number of piperidine rings is 2. The fourth-order valence-electron chi connectivity index (χ4n) is 4.02. The Morgan fingerprint density at radius 1 is 1.04 bits per heavy atom. The zero-order chi connectivity index (χ0) is 19.5. The Bertz CT molecular complexity index is 451. The molecule has 2 N–H and O–H groups in total. The van der Waals surface area contributed by atoms with E-state index in [9.17, 15) is 4.79 Å². The number of amides is 1. The van der Waals surface area contributed by atoms with Crippen molar-refractivity contribution in [3.8, 4) is 0 Å². The molecule has 6 nitrogen and oxygen atoms in total. The van der Waals surface area contributed by atoms with Crippen molar-refractivity contribution in [3.63, 3.8) is 0 Å². The van der Waals surface area contributed by atoms with Gasteiger partial charge in [0.2, 0.25) is 5.91 Å². The first-order chi connectivity index (χ1) is 13.1. The van der Waals surface area contributed by atoms with Crippen molar-refractivity contribution >= 4 is 11.9 Å². The van der Waals surface area contributed by atoms with Crippen LogP contribution >= 0.6 is 0 Å². The average Bonchev–Trinajstić information content (AvgIpc) is 2.70. The van der Waals surface area contributed by atoms with E-state index in [4.69, 9.17) is 0 Å². The van der Waals surface area contributed by atoms with E-state index in [1.165, 1.54) is 58.2 Å². The van der Waals surface area contributed by atoms with Gasteiger partial charge < -0.3 is 20.4 Å². The quantitative estimate of drug-likeness (QED) is 0.386. The van der Waals surface area contributed by atoms with Gasteiger partial charge in [-0.15, -0.1) is 0 Å². The molecule has 2 saturated heterocycles. The standard InChI is InChI=1S/C21H41N5O/c1-18(2)20(27)26-16-10-19(11-17-26)24-21(22-3)23-12-6-4-7-13-25-14-8-5-9-15-25/h18-19H,4-17H2,1-3H3,(H2,22,23,24). The zero-order valence-electron chi connectivity index (χ0n) is 17.8. The molecule has 0 aliphatic carbocycles. The topological polar surface area (TPSA) is 60.0 Å². The van der Waals surface area contributed by atoms with E-state index in [1.54, 1.807) is 0 Å².